The summed E-state index contributed by atoms with van der Waals surface area (Å²) < 4.78 is 0. The lowest BCUT2D eigenvalue weighted by Gasteiger charge is -2.37. The molecule has 0 aromatic carbocycles. The first-order chi connectivity index (χ1) is 8.30. The Morgan fingerprint density at radius 3 is 1.89 bits per heavy atom. The fraction of sp³-hybridized carbons (Fsp3) is 0.812. The van der Waals surface area contributed by atoms with Crippen LogP contribution in [0.1, 0.15) is 40.5 Å². The molecule has 1 rings (SSSR count). The average Bonchev–Trinajstić information content (AvgIpc) is 2.56. The van der Waals surface area contributed by atoms with E-state index in [4.69, 9.17) is 0 Å². The molecule has 0 fully saturated rings. The van der Waals surface area contributed by atoms with Crippen molar-refractivity contribution < 1.29 is 4.79 Å². The molecule has 0 saturated carbocycles. The van der Waals surface area contributed by atoms with E-state index >= 15 is 0 Å². The van der Waals surface area contributed by atoms with Gasteiger partial charge in [-0.05, 0) is 24.8 Å². The van der Waals surface area contributed by atoms with Gasteiger partial charge < -0.3 is 4.79 Å². The van der Waals surface area contributed by atoms with Crippen LogP contribution in [-0.2, 0) is 4.79 Å². The number of allylic oxidation sites excluding steroid dienone is 2. The van der Waals surface area contributed by atoms with E-state index in [0.29, 0.717) is 5.41 Å². The van der Waals surface area contributed by atoms with Gasteiger partial charge in [-0.2, -0.15) is 0 Å². The summed E-state index contributed by atoms with van der Waals surface area (Å²) in [6.45, 7) is 20.7. The second-order valence-electron chi connectivity index (χ2n) is 8.74. The van der Waals surface area contributed by atoms with Crippen LogP contribution in [0.2, 0.25) is 37.8 Å². The number of carbonyl (C=O) groups is 1. The summed E-state index contributed by atoms with van der Waals surface area (Å²) in [5, 5.41) is 2.40. The molecule has 19 heavy (non-hydrogen) atoms. The van der Waals surface area contributed by atoms with Crippen LogP contribution in [0, 0.1) is 5.92 Å². The van der Waals surface area contributed by atoms with Gasteiger partial charge in [-0.1, -0.05) is 64.3 Å². The first kappa shape index (κ1) is 16.9. The Bertz CT molecular complexity index is 405. The highest BCUT2D eigenvalue weighted by Gasteiger charge is 2.47. The van der Waals surface area contributed by atoms with E-state index in [2.05, 4.69) is 60.4 Å². The van der Waals surface area contributed by atoms with Crippen molar-refractivity contribution in [2.45, 2.75) is 78.3 Å². The van der Waals surface area contributed by atoms with E-state index in [1.807, 2.05) is 0 Å². The zero-order valence-corrected chi connectivity index (χ0v) is 16.4. The maximum Gasteiger partial charge on any atom is 0.133 e. The van der Waals surface area contributed by atoms with Crippen molar-refractivity contribution in [1.82, 2.24) is 0 Å². The summed E-state index contributed by atoms with van der Waals surface area (Å²) in [4.78, 5) is 13.0. The van der Waals surface area contributed by atoms with Crippen LogP contribution in [0.5, 0.6) is 0 Å². The van der Waals surface area contributed by atoms with Gasteiger partial charge >= 0.3 is 0 Å². The molecule has 1 nitrogen and oxygen atoms in total. The Morgan fingerprint density at radius 2 is 1.58 bits per heavy atom. The van der Waals surface area contributed by atoms with Gasteiger partial charge in [0.15, 0.2) is 0 Å². The van der Waals surface area contributed by atoms with E-state index in [1.165, 1.54) is 12.0 Å². The zero-order chi connectivity index (χ0) is 15.2. The van der Waals surface area contributed by atoms with Crippen LogP contribution < -0.4 is 0 Å². The molecule has 1 atom stereocenters. The Labute approximate surface area is 121 Å². The molecule has 0 N–H and O–H groups in total. The van der Waals surface area contributed by atoms with Crippen molar-refractivity contribution in [2.75, 3.05) is 0 Å². The smallest absolute Gasteiger partial charge is 0.133 e. The molecule has 1 unspecified atom stereocenters. The topological polar surface area (TPSA) is 17.1 Å². The predicted molar refractivity (Wildman–Crippen MR) is 91.0 cm³/mol. The van der Waals surface area contributed by atoms with Crippen molar-refractivity contribution in [2.24, 2.45) is 5.92 Å². The summed E-state index contributed by atoms with van der Waals surface area (Å²) in [5.74, 6) is 0.239. The molecule has 0 saturated heterocycles. The summed E-state index contributed by atoms with van der Waals surface area (Å²) >= 11 is 0. The molecule has 0 aliphatic heterocycles. The van der Waals surface area contributed by atoms with Gasteiger partial charge in [-0.3, -0.25) is 0 Å². The molecule has 1 aliphatic rings. The number of hydrogen-bond acceptors (Lipinski definition) is 1. The van der Waals surface area contributed by atoms with Crippen LogP contribution in [0.25, 0.3) is 0 Å². The standard InChI is InChI=1S/C16H32OSi2/c1-12-13(10-11-14(12)18(5,6)7)15(17)19(8,9)16(2,3)4/h13H,10-11H2,1-9H3. The molecule has 0 heterocycles. The van der Waals surface area contributed by atoms with Crippen LogP contribution in [0.15, 0.2) is 10.8 Å². The SMILES string of the molecule is CC1=C([Si](C)(C)C)CCC1C(=O)[Si](C)(C)C(C)(C)C. The van der Waals surface area contributed by atoms with E-state index in [-0.39, 0.29) is 11.0 Å². The monoisotopic (exact) mass is 296 g/mol. The van der Waals surface area contributed by atoms with Crippen LogP contribution >= 0.6 is 0 Å². The third kappa shape index (κ3) is 3.13. The Kier molecular flexibility index (Phi) is 4.44. The van der Waals surface area contributed by atoms with Gasteiger partial charge in [0.2, 0.25) is 0 Å². The number of hydrogen-bond donors (Lipinski definition) is 0. The van der Waals surface area contributed by atoms with Crippen molar-refractivity contribution >= 4 is 21.6 Å². The van der Waals surface area contributed by atoms with Gasteiger partial charge in [0.05, 0.1) is 8.07 Å². The average molecular weight is 297 g/mol. The fourth-order valence-corrected chi connectivity index (χ4v) is 7.23. The summed E-state index contributed by atoms with van der Waals surface area (Å²) in [5.41, 5.74) is 1.44. The Balaban J connectivity index is 3.09. The molecule has 110 valence electrons. The molecule has 0 radical (unpaired) electrons. The molecule has 0 bridgehead atoms. The lowest BCUT2D eigenvalue weighted by Crippen LogP contribution is -2.49. The maximum absolute atomic E-state index is 13.0. The molecule has 0 aromatic heterocycles. The minimum Gasteiger partial charge on any atom is -0.305 e. The van der Waals surface area contributed by atoms with E-state index in [0.717, 1.165) is 6.42 Å². The normalized spacial score (nSPS) is 22.1. The van der Waals surface area contributed by atoms with Gasteiger partial charge in [-0.15, -0.1) is 0 Å². The molecule has 0 spiro atoms. The lowest BCUT2D eigenvalue weighted by molar-refractivity contribution is -0.115. The molecule has 3 heteroatoms. The fourth-order valence-electron chi connectivity index (χ4n) is 3.01. The highest BCUT2D eigenvalue weighted by molar-refractivity contribution is 7.06. The van der Waals surface area contributed by atoms with E-state index in [9.17, 15) is 4.79 Å². The highest BCUT2D eigenvalue weighted by Crippen LogP contribution is 2.44. The molecule has 1 aliphatic carbocycles. The lowest BCUT2D eigenvalue weighted by atomic mass is 10.1. The third-order valence-electron chi connectivity index (χ3n) is 5.39. The summed E-state index contributed by atoms with van der Waals surface area (Å²) in [6, 6.07) is 0. The Morgan fingerprint density at radius 1 is 1.11 bits per heavy atom. The van der Waals surface area contributed by atoms with Crippen LogP contribution in [0.3, 0.4) is 0 Å². The molecular formula is C16H32OSi2. The second kappa shape index (κ2) is 4.99. The van der Waals surface area contributed by atoms with E-state index in [1.54, 1.807) is 5.20 Å². The first-order valence-electron chi connectivity index (χ1n) is 7.54. The van der Waals surface area contributed by atoms with Crippen molar-refractivity contribution in [3.63, 3.8) is 0 Å². The first-order valence-corrected chi connectivity index (χ1v) is 14.0. The van der Waals surface area contributed by atoms with Gasteiger partial charge in [0.25, 0.3) is 0 Å². The number of carbonyl (C=O) groups excluding carboxylic acids is 1. The van der Waals surface area contributed by atoms with Gasteiger partial charge in [0, 0.05) is 5.92 Å². The van der Waals surface area contributed by atoms with Crippen LogP contribution in [-0.4, -0.2) is 21.6 Å². The summed E-state index contributed by atoms with van der Waals surface area (Å²) in [7, 11) is -3.10. The van der Waals surface area contributed by atoms with E-state index < -0.39 is 16.1 Å². The summed E-state index contributed by atoms with van der Waals surface area (Å²) in [6.07, 6.45) is 2.25. The van der Waals surface area contributed by atoms with Crippen molar-refractivity contribution in [3.05, 3.63) is 10.8 Å². The van der Waals surface area contributed by atoms with Crippen molar-refractivity contribution in [1.29, 1.82) is 0 Å². The molecular weight excluding hydrogens is 264 g/mol. The number of rotatable bonds is 3. The quantitative estimate of drug-likeness (QED) is 0.654. The highest BCUT2D eigenvalue weighted by atomic mass is 28.3. The molecule has 0 amide bonds. The second-order valence-corrected chi connectivity index (χ2v) is 19.1. The van der Waals surface area contributed by atoms with Gasteiger partial charge in [-0.25, -0.2) is 0 Å². The van der Waals surface area contributed by atoms with Gasteiger partial charge in [0.1, 0.15) is 13.5 Å². The largest absolute Gasteiger partial charge is 0.305 e. The minimum absolute atomic E-state index is 0.159. The molecule has 0 aromatic rings. The third-order valence-corrected chi connectivity index (χ3v) is 13.2. The maximum atomic E-state index is 13.0. The van der Waals surface area contributed by atoms with Crippen LogP contribution in [0.4, 0.5) is 0 Å². The predicted octanol–water partition coefficient (Wildman–Crippen LogP) is 5.21. The van der Waals surface area contributed by atoms with Crippen molar-refractivity contribution in [3.8, 4) is 0 Å². The Hall–Kier alpha value is -0.156. The minimum atomic E-state index is -1.86. The zero-order valence-electron chi connectivity index (χ0n) is 14.4.